The zero-order chi connectivity index (χ0) is 15.8. The number of hydrogen-bond acceptors (Lipinski definition) is 2. The molecule has 126 valence electrons. The van der Waals surface area contributed by atoms with Gasteiger partial charge in [0.2, 0.25) is 0 Å². The lowest BCUT2D eigenvalue weighted by atomic mass is 10.1. The van der Waals surface area contributed by atoms with Gasteiger partial charge in [-0.2, -0.15) is 0 Å². The molecule has 0 spiro atoms. The van der Waals surface area contributed by atoms with Crippen LogP contribution in [-0.4, -0.2) is 29.3 Å². The van der Waals surface area contributed by atoms with Crippen molar-refractivity contribution in [2.75, 3.05) is 13.1 Å². The summed E-state index contributed by atoms with van der Waals surface area (Å²) in [4.78, 5) is 10.8. The van der Waals surface area contributed by atoms with Gasteiger partial charge in [0.25, 0.3) is 0 Å². The van der Waals surface area contributed by atoms with Crippen molar-refractivity contribution in [3.63, 3.8) is 0 Å². The summed E-state index contributed by atoms with van der Waals surface area (Å²) in [5.74, 6) is 0. The van der Waals surface area contributed by atoms with E-state index >= 15 is 0 Å². The zero-order valence-corrected chi connectivity index (χ0v) is 14.2. The summed E-state index contributed by atoms with van der Waals surface area (Å²) in [5, 5.41) is 10.8. The summed E-state index contributed by atoms with van der Waals surface area (Å²) in [5.41, 5.74) is 2.53. The van der Waals surface area contributed by atoms with Crippen molar-refractivity contribution < 1.29 is 9.90 Å². The second-order valence-corrected chi connectivity index (χ2v) is 5.94. The van der Waals surface area contributed by atoms with E-state index in [-0.39, 0.29) is 0 Å². The van der Waals surface area contributed by atoms with Crippen LogP contribution in [0.2, 0.25) is 0 Å². The predicted octanol–water partition coefficient (Wildman–Crippen LogP) is 5.19. The van der Waals surface area contributed by atoms with Gasteiger partial charge in [-0.3, -0.25) is 5.43 Å². The Morgan fingerprint density at radius 1 is 0.762 bits per heavy atom. The molecule has 0 aromatic rings. The van der Waals surface area contributed by atoms with Crippen LogP contribution >= 0.6 is 0 Å². The molecule has 0 aliphatic heterocycles. The molecule has 4 nitrogen and oxygen atoms in total. The first kappa shape index (κ1) is 20.2. The molecule has 0 saturated carbocycles. The number of nitrogens with zero attached hydrogens (tertiary/aromatic N) is 1. The lowest BCUT2D eigenvalue weighted by Crippen LogP contribution is -2.42. The van der Waals surface area contributed by atoms with Crippen LogP contribution in [0.5, 0.6) is 0 Å². The van der Waals surface area contributed by atoms with Crippen molar-refractivity contribution in [1.29, 1.82) is 0 Å². The largest absolute Gasteiger partial charge is 0.464 e. The van der Waals surface area contributed by atoms with Crippen LogP contribution in [0, 0.1) is 0 Å². The van der Waals surface area contributed by atoms with Crippen LogP contribution in [0.15, 0.2) is 0 Å². The summed E-state index contributed by atoms with van der Waals surface area (Å²) in [6.45, 7) is 6.12. The van der Waals surface area contributed by atoms with Crippen molar-refractivity contribution in [2.24, 2.45) is 0 Å². The van der Waals surface area contributed by atoms with Gasteiger partial charge in [0.1, 0.15) is 0 Å². The van der Waals surface area contributed by atoms with Crippen LogP contribution in [0.4, 0.5) is 4.79 Å². The van der Waals surface area contributed by atoms with Crippen LogP contribution < -0.4 is 5.43 Å². The lowest BCUT2D eigenvalue weighted by molar-refractivity contribution is 0.135. The average Bonchev–Trinajstić information content (AvgIpc) is 2.45. The predicted molar refractivity (Wildman–Crippen MR) is 89.5 cm³/mol. The summed E-state index contributed by atoms with van der Waals surface area (Å²) in [6, 6.07) is 0. The second kappa shape index (κ2) is 15.6. The minimum Gasteiger partial charge on any atom is -0.464 e. The maximum atomic E-state index is 10.8. The van der Waals surface area contributed by atoms with E-state index in [2.05, 4.69) is 19.3 Å². The van der Waals surface area contributed by atoms with E-state index in [9.17, 15) is 4.79 Å². The van der Waals surface area contributed by atoms with Crippen molar-refractivity contribution in [3.8, 4) is 0 Å². The number of carboxylic acid groups (broad SMARTS) is 1. The lowest BCUT2D eigenvalue weighted by Gasteiger charge is -2.21. The Hall–Kier alpha value is -0.770. The summed E-state index contributed by atoms with van der Waals surface area (Å²) in [7, 11) is 0. The SMILES string of the molecule is CCCCCCCCN(CCCCCCCC)NC(=O)O. The molecule has 0 aromatic heterocycles. The van der Waals surface area contributed by atoms with Gasteiger partial charge in [0, 0.05) is 13.1 Å². The van der Waals surface area contributed by atoms with Crippen LogP contribution in [-0.2, 0) is 0 Å². The zero-order valence-electron chi connectivity index (χ0n) is 14.2. The third-order valence-corrected chi connectivity index (χ3v) is 3.82. The highest BCUT2D eigenvalue weighted by Crippen LogP contribution is 2.08. The van der Waals surface area contributed by atoms with Gasteiger partial charge in [-0.05, 0) is 12.8 Å². The molecule has 0 radical (unpaired) electrons. The van der Waals surface area contributed by atoms with Gasteiger partial charge >= 0.3 is 6.09 Å². The number of nitrogens with one attached hydrogen (secondary N) is 1. The third kappa shape index (κ3) is 15.4. The topological polar surface area (TPSA) is 52.6 Å². The minimum atomic E-state index is -0.938. The Bertz CT molecular complexity index is 219. The summed E-state index contributed by atoms with van der Waals surface area (Å²) < 4.78 is 0. The van der Waals surface area contributed by atoms with Crippen molar-refractivity contribution in [1.82, 2.24) is 10.4 Å². The van der Waals surface area contributed by atoms with Crippen LogP contribution in [0.1, 0.15) is 90.9 Å². The third-order valence-electron chi connectivity index (χ3n) is 3.82. The maximum absolute atomic E-state index is 10.8. The first-order valence-electron chi connectivity index (χ1n) is 8.95. The molecule has 0 aromatic carbocycles. The first-order chi connectivity index (χ1) is 10.2. The van der Waals surface area contributed by atoms with Crippen LogP contribution in [0.25, 0.3) is 0 Å². The Morgan fingerprint density at radius 2 is 1.14 bits per heavy atom. The molecule has 1 amide bonds. The monoisotopic (exact) mass is 300 g/mol. The molecule has 4 heteroatoms. The number of unbranched alkanes of at least 4 members (excludes halogenated alkanes) is 10. The van der Waals surface area contributed by atoms with E-state index in [1.54, 1.807) is 0 Å². The fraction of sp³-hybridized carbons (Fsp3) is 0.941. The molecule has 21 heavy (non-hydrogen) atoms. The first-order valence-corrected chi connectivity index (χ1v) is 8.95. The smallest absolute Gasteiger partial charge is 0.419 e. The molecule has 0 bridgehead atoms. The molecule has 2 N–H and O–H groups in total. The molecule has 0 fully saturated rings. The maximum Gasteiger partial charge on any atom is 0.419 e. The van der Waals surface area contributed by atoms with E-state index in [0.717, 1.165) is 25.9 Å². The normalized spacial score (nSPS) is 11.0. The molecular formula is C17H36N2O2. The van der Waals surface area contributed by atoms with Crippen molar-refractivity contribution in [2.45, 2.75) is 90.9 Å². The average molecular weight is 300 g/mol. The van der Waals surface area contributed by atoms with Gasteiger partial charge < -0.3 is 5.11 Å². The van der Waals surface area contributed by atoms with E-state index in [0.29, 0.717) is 0 Å². The molecule has 0 heterocycles. The summed E-state index contributed by atoms with van der Waals surface area (Å²) in [6.07, 6.45) is 14.0. The fourth-order valence-electron chi connectivity index (χ4n) is 2.52. The van der Waals surface area contributed by atoms with E-state index in [1.165, 1.54) is 64.2 Å². The fourth-order valence-corrected chi connectivity index (χ4v) is 2.52. The van der Waals surface area contributed by atoms with Gasteiger partial charge in [-0.25, -0.2) is 9.80 Å². The number of carbonyl (C=O) groups is 1. The molecule has 0 saturated heterocycles. The second-order valence-electron chi connectivity index (χ2n) is 5.94. The molecular weight excluding hydrogens is 264 g/mol. The Labute approximate surface area is 131 Å². The molecule has 0 aliphatic rings. The molecule has 0 aliphatic carbocycles. The summed E-state index contributed by atoms with van der Waals surface area (Å²) >= 11 is 0. The van der Waals surface area contributed by atoms with E-state index in [4.69, 9.17) is 5.11 Å². The van der Waals surface area contributed by atoms with E-state index in [1.807, 2.05) is 5.01 Å². The van der Waals surface area contributed by atoms with Gasteiger partial charge in [-0.1, -0.05) is 78.1 Å². The minimum absolute atomic E-state index is 0.841. The number of rotatable bonds is 15. The number of hydrogen-bond donors (Lipinski definition) is 2. The molecule has 0 atom stereocenters. The van der Waals surface area contributed by atoms with E-state index < -0.39 is 6.09 Å². The Balaban J connectivity index is 3.64. The Kier molecular flexibility index (Phi) is 15.0. The van der Waals surface area contributed by atoms with Gasteiger partial charge in [-0.15, -0.1) is 0 Å². The van der Waals surface area contributed by atoms with Crippen molar-refractivity contribution >= 4 is 6.09 Å². The quantitative estimate of drug-likeness (QED) is 0.323. The highest BCUT2D eigenvalue weighted by atomic mass is 16.4. The molecule has 0 rings (SSSR count). The van der Waals surface area contributed by atoms with Gasteiger partial charge in [0.05, 0.1) is 0 Å². The number of hydrazine groups is 1. The molecule has 0 unspecified atom stereocenters. The highest BCUT2D eigenvalue weighted by molar-refractivity contribution is 5.63. The standard InChI is InChI=1S/C17H36N2O2/c1-3-5-7-9-11-13-15-19(18-17(20)21)16-14-12-10-8-6-4-2/h18H,3-16H2,1-2H3,(H,20,21). The number of amides is 1. The Morgan fingerprint density at radius 3 is 1.52 bits per heavy atom. The van der Waals surface area contributed by atoms with Gasteiger partial charge in [0.15, 0.2) is 0 Å². The van der Waals surface area contributed by atoms with Crippen LogP contribution in [0.3, 0.4) is 0 Å². The van der Waals surface area contributed by atoms with Crippen molar-refractivity contribution in [3.05, 3.63) is 0 Å². The highest BCUT2D eigenvalue weighted by Gasteiger charge is 2.07.